The van der Waals surface area contributed by atoms with E-state index < -0.39 is 0 Å². The smallest absolute Gasteiger partial charge is 0.0963 e. The molecule has 0 aromatic carbocycles. The number of hydrogen-bond acceptors (Lipinski definition) is 3. The maximum atomic E-state index is 5.33. The number of aromatic nitrogens is 3. The molecule has 0 spiro atoms. The number of hydrogen-bond donors (Lipinski definition) is 0. The van der Waals surface area contributed by atoms with Crippen LogP contribution in [0.1, 0.15) is 30.3 Å². The molecule has 0 radical (unpaired) electrons. The van der Waals surface area contributed by atoms with E-state index in [9.17, 15) is 0 Å². The van der Waals surface area contributed by atoms with Gasteiger partial charge in [-0.2, -0.15) is 0 Å². The summed E-state index contributed by atoms with van der Waals surface area (Å²) in [7, 11) is 0. The number of ether oxygens (including phenoxy) is 1. The molecule has 5 heteroatoms. The Balaban J connectivity index is 1.94. The Morgan fingerprint density at radius 3 is 3.27 bits per heavy atom. The molecule has 4 nitrogen and oxygen atoms in total. The Hall–Kier alpha value is -0.420. The first-order valence-electron chi connectivity index (χ1n) is 5.41. The van der Waals surface area contributed by atoms with Crippen molar-refractivity contribution in [2.24, 2.45) is 5.92 Å². The molecular weight excluding hydrogens is 258 g/mol. The quantitative estimate of drug-likeness (QED) is 0.790. The van der Waals surface area contributed by atoms with Crippen molar-refractivity contribution in [2.75, 3.05) is 13.2 Å². The largest absolute Gasteiger partial charge is 0.381 e. The number of halogens is 1. The summed E-state index contributed by atoms with van der Waals surface area (Å²) in [5.41, 5.74) is 1.02. The van der Waals surface area contributed by atoms with Gasteiger partial charge in [-0.15, -0.1) is 5.10 Å². The second-order valence-electron chi connectivity index (χ2n) is 3.97. The highest BCUT2D eigenvalue weighted by Crippen LogP contribution is 2.23. The molecule has 15 heavy (non-hydrogen) atoms. The van der Waals surface area contributed by atoms with Crippen LogP contribution in [0.25, 0.3) is 0 Å². The molecule has 0 amide bonds. The standard InChI is InChI=1S/C10H16BrN3O/c1-2-9(11)10-6-14(13-12-10)5-8-3-4-15-7-8/h6,8-9H,2-5,7H2,1H3. The lowest BCUT2D eigenvalue weighted by Gasteiger charge is -2.05. The predicted octanol–water partition coefficient (Wildman–Crippen LogP) is 2.16. The summed E-state index contributed by atoms with van der Waals surface area (Å²) in [6.45, 7) is 4.81. The summed E-state index contributed by atoms with van der Waals surface area (Å²) < 4.78 is 7.26. The molecule has 1 aliphatic heterocycles. The second-order valence-corrected chi connectivity index (χ2v) is 5.08. The Kier molecular flexibility index (Phi) is 3.75. The summed E-state index contributed by atoms with van der Waals surface area (Å²) in [5.74, 6) is 0.606. The molecule has 1 fully saturated rings. The van der Waals surface area contributed by atoms with E-state index in [-0.39, 0.29) is 0 Å². The Morgan fingerprint density at radius 2 is 2.60 bits per heavy atom. The first kappa shape index (κ1) is 11.1. The van der Waals surface area contributed by atoms with Crippen molar-refractivity contribution in [1.29, 1.82) is 0 Å². The van der Waals surface area contributed by atoms with Gasteiger partial charge in [0, 0.05) is 25.3 Å². The van der Waals surface area contributed by atoms with Crippen LogP contribution in [-0.2, 0) is 11.3 Å². The van der Waals surface area contributed by atoms with Gasteiger partial charge in [-0.05, 0) is 12.8 Å². The van der Waals surface area contributed by atoms with E-state index in [1.165, 1.54) is 0 Å². The normalized spacial score (nSPS) is 23.2. The van der Waals surface area contributed by atoms with Crippen LogP contribution in [0.5, 0.6) is 0 Å². The van der Waals surface area contributed by atoms with Gasteiger partial charge in [-0.1, -0.05) is 28.1 Å². The highest BCUT2D eigenvalue weighted by molar-refractivity contribution is 9.09. The fourth-order valence-electron chi connectivity index (χ4n) is 1.75. The molecule has 0 aliphatic carbocycles. The summed E-state index contributed by atoms with van der Waals surface area (Å²) in [6.07, 6.45) is 4.20. The molecule has 2 unspecified atom stereocenters. The topological polar surface area (TPSA) is 39.9 Å². The summed E-state index contributed by atoms with van der Waals surface area (Å²) in [5, 5.41) is 8.28. The maximum absolute atomic E-state index is 5.33. The SMILES string of the molecule is CCC(Br)c1cn(CC2CCOC2)nn1. The van der Waals surface area contributed by atoms with Crippen molar-refractivity contribution >= 4 is 15.9 Å². The van der Waals surface area contributed by atoms with Crippen molar-refractivity contribution in [1.82, 2.24) is 15.0 Å². The van der Waals surface area contributed by atoms with Crippen LogP contribution >= 0.6 is 15.9 Å². The van der Waals surface area contributed by atoms with Crippen LogP contribution < -0.4 is 0 Å². The van der Waals surface area contributed by atoms with Crippen molar-refractivity contribution < 1.29 is 4.74 Å². The van der Waals surface area contributed by atoms with Gasteiger partial charge in [-0.25, -0.2) is 0 Å². The molecule has 0 saturated carbocycles. The third-order valence-electron chi connectivity index (χ3n) is 2.70. The van der Waals surface area contributed by atoms with Crippen LogP contribution in [-0.4, -0.2) is 28.2 Å². The van der Waals surface area contributed by atoms with Crippen molar-refractivity contribution in [3.05, 3.63) is 11.9 Å². The van der Waals surface area contributed by atoms with Crippen molar-refractivity contribution in [3.63, 3.8) is 0 Å². The first-order valence-corrected chi connectivity index (χ1v) is 6.33. The van der Waals surface area contributed by atoms with Crippen LogP contribution in [0.2, 0.25) is 0 Å². The maximum Gasteiger partial charge on any atom is 0.0963 e. The molecule has 84 valence electrons. The molecule has 2 rings (SSSR count). The minimum atomic E-state index is 0.325. The third kappa shape index (κ3) is 2.78. The zero-order chi connectivity index (χ0) is 10.7. The molecule has 0 N–H and O–H groups in total. The van der Waals surface area contributed by atoms with Crippen LogP contribution in [0.15, 0.2) is 6.20 Å². The van der Waals surface area contributed by atoms with Gasteiger partial charge < -0.3 is 4.74 Å². The van der Waals surface area contributed by atoms with E-state index in [1.54, 1.807) is 0 Å². The lowest BCUT2D eigenvalue weighted by molar-refractivity contribution is 0.181. The minimum Gasteiger partial charge on any atom is -0.381 e. The first-order chi connectivity index (χ1) is 7.29. The van der Waals surface area contributed by atoms with Gasteiger partial charge in [0.2, 0.25) is 0 Å². The minimum absolute atomic E-state index is 0.325. The van der Waals surface area contributed by atoms with Gasteiger partial charge in [0.25, 0.3) is 0 Å². The van der Waals surface area contributed by atoms with E-state index in [1.807, 2.05) is 10.9 Å². The predicted molar refractivity (Wildman–Crippen MR) is 60.9 cm³/mol. The molecule has 2 atom stereocenters. The van der Waals surface area contributed by atoms with Crippen LogP contribution in [0, 0.1) is 5.92 Å². The average molecular weight is 274 g/mol. The van der Waals surface area contributed by atoms with Gasteiger partial charge in [0.1, 0.15) is 0 Å². The number of alkyl halides is 1. The van der Waals surface area contributed by atoms with E-state index in [0.29, 0.717) is 10.7 Å². The Morgan fingerprint density at radius 1 is 1.73 bits per heavy atom. The molecule has 1 aromatic rings. The zero-order valence-corrected chi connectivity index (χ0v) is 10.5. The van der Waals surface area contributed by atoms with Crippen LogP contribution in [0.3, 0.4) is 0 Å². The zero-order valence-electron chi connectivity index (χ0n) is 8.90. The summed E-state index contributed by atoms with van der Waals surface area (Å²) in [4.78, 5) is 0.325. The fraction of sp³-hybridized carbons (Fsp3) is 0.800. The average Bonchev–Trinajstić information content (AvgIpc) is 2.88. The second kappa shape index (κ2) is 5.07. The van der Waals surface area contributed by atoms with Gasteiger partial charge >= 0.3 is 0 Å². The summed E-state index contributed by atoms with van der Waals surface area (Å²) in [6, 6.07) is 0. The molecule has 1 aliphatic rings. The molecule has 2 heterocycles. The molecule has 1 saturated heterocycles. The number of nitrogens with zero attached hydrogens (tertiary/aromatic N) is 3. The van der Waals surface area contributed by atoms with Gasteiger partial charge in [-0.3, -0.25) is 4.68 Å². The van der Waals surface area contributed by atoms with Crippen molar-refractivity contribution in [2.45, 2.75) is 31.1 Å². The highest BCUT2D eigenvalue weighted by atomic mass is 79.9. The molecule has 1 aromatic heterocycles. The summed E-state index contributed by atoms with van der Waals surface area (Å²) >= 11 is 3.57. The van der Waals surface area contributed by atoms with Gasteiger partial charge in [0.15, 0.2) is 0 Å². The lowest BCUT2D eigenvalue weighted by atomic mass is 10.1. The van der Waals surface area contributed by atoms with Crippen LogP contribution in [0.4, 0.5) is 0 Å². The van der Waals surface area contributed by atoms with Gasteiger partial charge in [0.05, 0.1) is 17.1 Å². The number of rotatable bonds is 4. The molecule has 0 bridgehead atoms. The lowest BCUT2D eigenvalue weighted by Crippen LogP contribution is -2.11. The van der Waals surface area contributed by atoms with Crippen molar-refractivity contribution in [3.8, 4) is 0 Å². The van der Waals surface area contributed by atoms with E-state index in [4.69, 9.17) is 4.74 Å². The Bertz CT molecular complexity index is 309. The molecular formula is C10H16BrN3O. The monoisotopic (exact) mass is 273 g/mol. The van der Waals surface area contributed by atoms with E-state index in [0.717, 1.165) is 38.3 Å². The highest BCUT2D eigenvalue weighted by Gasteiger charge is 2.17. The van der Waals surface area contributed by atoms with E-state index in [2.05, 4.69) is 33.2 Å². The Labute approximate surface area is 98.1 Å². The third-order valence-corrected chi connectivity index (χ3v) is 3.82. The van der Waals surface area contributed by atoms with E-state index >= 15 is 0 Å². The fourth-order valence-corrected chi connectivity index (χ4v) is 1.96.